The second kappa shape index (κ2) is 9.85. The first-order chi connectivity index (χ1) is 17.4. The maximum atomic E-state index is 13.9. The Bertz CT molecular complexity index is 1200. The van der Waals surface area contributed by atoms with E-state index in [2.05, 4.69) is 15.6 Å². The molecule has 2 N–H and O–H groups in total. The highest BCUT2D eigenvalue weighted by molar-refractivity contribution is 6.97. The Balaban J connectivity index is 1.46. The smallest absolute Gasteiger partial charge is 0.260 e. The minimum atomic E-state index is -1.03. The zero-order chi connectivity index (χ0) is 25.3. The highest BCUT2D eigenvalue weighted by atomic mass is 16.7. The first-order valence-electron chi connectivity index (χ1n) is 12.5. The van der Waals surface area contributed by atoms with Crippen molar-refractivity contribution in [2.75, 3.05) is 6.54 Å². The number of carbonyl (C=O) groups is 1. The number of hydrogen-bond acceptors (Lipinski definition) is 7. The Hall–Kier alpha value is -3.52. The van der Waals surface area contributed by atoms with E-state index < -0.39 is 23.8 Å². The molecule has 0 aliphatic carbocycles. The Kier molecular flexibility index (Phi) is 6.62. The predicted molar refractivity (Wildman–Crippen MR) is 141 cm³/mol. The fourth-order valence-electron chi connectivity index (χ4n) is 5.12. The number of rotatable bonds is 7. The summed E-state index contributed by atoms with van der Waals surface area (Å²) in [7, 11) is 2.73. The van der Waals surface area contributed by atoms with Crippen LogP contribution in [0, 0.1) is 5.92 Å². The van der Waals surface area contributed by atoms with Gasteiger partial charge in [-0.2, -0.15) is 0 Å². The molecular weight excluding hydrogens is 454 g/mol. The molecule has 5 rings (SSSR count). The molecule has 3 heterocycles. The quantitative estimate of drug-likeness (QED) is 0.482. The van der Waals surface area contributed by atoms with Crippen LogP contribution >= 0.6 is 0 Å². The van der Waals surface area contributed by atoms with E-state index in [0.29, 0.717) is 18.0 Å². The summed E-state index contributed by atoms with van der Waals surface area (Å²) in [6.45, 7) is 4.19. The lowest BCUT2D eigenvalue weighted by atomic mass is 9.53. The molecule has 8 nitrogen and oxygen atoms in total. The van der Waals surface area contributed by atoms with Gasteiger partial charge in [-0.1, -0.05) is 84.8 Å². The first kappa shape index (κ1) is 24.2. The fourth-order valence-corrected chi connectivity index (χ4v) is 5.12. The van der Waals surface area contributed by atoms with Crippen molar-refractivity contribution in [3.8, 4) is 0 Å². The van der Waals surface area contributed by atoms with Crippen molar-refractivity contribution in [2.24, 2.45) is 11.1 Å². The lowest BCUT2D eigenvalue weighted by Crippen LogP contribution is -2.51. The number of aliphatic hydroxyl groups is 1. The number of nitrogens with one attached hydrogen (secondary N) is 1. The summed E-state index contributed by atoms with van der Waals surface area (Å²) in [6, 6.07) is 21.0. The minimum Gasteiger partial charge on any atom is -0.391 e. The number of β-amino-alcohol motifs (C(OH)–C–C–N with tert-alkyl or cyclic N) is 1. The van der Waals surface area contributed by atoms with Crippen molar-refractivity contribution in [2.45, 2.75) is 44.1 Å². The third kappa shape index (κ3) is 4.30. The van der Waals surface area contributed by atoms with E-state index in [1.807, 2.05) is 88.3 Å². The molecule has 0 radical (unpaired) electrons. The van der Waals surface area contributed by atoms with Gasteiger partial charge in [0.25, 0.3) is 5.72 Å². The molecule has 1 fully saturated rings. The first-order valence-corrected chi connectivity index (χ1v) is 12.5. The summed E-state index contributed by atoms with van der Waals surface area (Å²) in [4.78, 5) is 21.7. The van der Waals surface area contributed by atoms with E-state index >= 15 is 0 Å². The Morgan fingerprint density at radius 3 is 2.36 bits per heavy atom. The summed E-state index contributed by atoms with van der Waals surface area (Å²) in [5.41, 5.74) is 1.56. The molecule has 36 heavy (non-hydrogen) atoms. The van der Waals surface area contributed by atoms with Gasteiger partial charge < -0.3 is 24.7 Å². The van der Waals surface area contributed by atoms with Crippen molar-refractivity contribution in [1.82, 2.24) is 15.4 Å². The largest absolute Gasteiger partial charge is 0.391 e. The molecule has 3 unspecified atom stereocenters. The van der Waals surface area contributed by atoms with Gasteiger partial charge in [-0.25, -0.2) is 0 Å². The van der Waals surface area contributed by atoms with Gasteiger partial charge in [-0.3, -0.25) is 4.79 Å². The number of amides is 1. The third-order valence-electron chi connectivity index (χ3n) is 7.00. The van der Waals surface area contributed by atoms with E-state index in [0.717, 1.165) is 23.9 Å². The molecular formula is C26H30B2N4O4. The van der Waals surface area contributed by atoms with Gasteiger partial charge in [0.15, 0.2) is 5.84 Å². The van der Waals surface area contributed by atoms with Crippen molar-refractivity contribution in [3.05, 3.63) is 83.6 Å². The number of aromatic nitrogens is 1. The van der Waals surface area contributed by atoms with Gasteiger partial charge in [0.05, 0.1) is 19.9 Å². The number of likely N-dealkylation sites (tertiary alicyclic amines) is 1. The standard InChI is InChI=1S/C26H30B2N4O4/c1-16(2)23(21-14-22(28-27)30-35-21)25(34)32-15-19(33)13-20(32)24-29-26(36-31-24,17-9-5-3-6-10-17)18-11-7-4-8-12-18/h3-12,14,16,19-20,23,28,33H,13,15,27H2,1-2H3,(H,29,31). The number of oxime groups is 1. The maximum Gasteiger partial charge on any atom is 0.260 e. The average Bonchev–Trinajstić information content (AvgIpc) is 3.64. The molecule has 0 saturated carbocycles. The fraction of sp³-hybridized carbons (Fsp3) is 0.346. The zero-order valence-electron chi connectivity index (χ0n) is 20.8. The molecule has 2 aliphatic rings. The van der Waals surface area contributed by atoms with Gasteiger partial charge in [-0.05, 0) is 12.0 Å². The Labute approximate surface area is 212 Å². The van der Waals surface area contributed by atoms with Crippen LogP contribution in [0.1, 0.15) is 43.1 Å². The van der Waals surface area contributed by atoms with Crippen LogP contribution in [0.4, 0.5) is 0 Å². The SMILES string of the molecule is BBc1cc(C(C(=O)N2CC(O)CC2C2=NOC(c3ccccc3)(c3ccccc3)N2)C(C)C)on1. The Morgan fingerprint density at radius 2 is 1.81 bits per heavy atom. The second-order valence-corrected chi connectivity index (χ2v) is 9.80. The molecule has 10 heteroatoms. The van der Waals surface area contributed by atoms with Gasteiger partial charge >= 0.3 is 0 Å². The van der Waals surface area contributed by atoms with Crippen molar-refractivity contribution in [1.29, 1.82) is 0 Å². The number of amidine groups is 1. The van der Waals surface area contributed by atoms with Crippen molar-refractivity contribution < 1.29 is 19.3 Å². The summed E-state index contributed by atoms with van der Waals surface area (Å²) >= 11 is 0. The van der Waals surface area contributed by atoms with Gasteiger partial charge in [0, 0.05) is 29.7 Å². The van der Waals surface area contributed by atoms with E-state index in [1.54, 1.807) is 4.90 Å². The van der Waals surface area contributed by atoms with Crippen LogP contribution in [0.2, 0.25) is 0 Å². The number of hydrogen-bond donors (Lipinski definition) is 2. The van der Waals surface area contributed by atoms with Crippen LogP contribution in [0.5, 0.6) is 0 Å². The molecule has 2 aromatic carbocycles. The van der Waals surface area contributed by atoms with Crippen LogP contribution in [-0.2, 0) is 15.4 Å². The van der Waals surface area contributed by atoms with Gasteiger partial charge in [0.2, 0.25) is 5.91 Å². The topological polar surface area (TPSA) is 100 Å². The highest BCUT2D eigenvalue weighted by Gasteiger charge is 2.49. The molecule has 0 spiro atoms. The molecule has 0 bridgehead atoms. The normalized spacial score (nSPS) is 21.6. The van der Waals surface area contributed by atoms with Crippen molar-refractivity contribution in [3.63, 3.8) is 0 Å². The molecule has 1 amide bonds. The van der Waals surface area contributed by atoms with E-state index in [1.165, 1.54) is 0 Å². The van der Waals surface area contributed by atoms with Gasteiger partial charge in [-0.15, -0.1) is 0 Å². The summed E-state index contributed by atoms with van der Waals surface area (Å²) in [5, 5.41) is 22.7. The van der Waals surface area contributed by atoms with Crippen molar-refractivity contribution >= 4 is 32.2 Å². The lowest BCUT2D eigenvalue weighted by molar-refractivity contribution is -0.134. The highest BCUT2D eigenvalue weighted by Crippen LogP contribution is 2.37. The van der Waals surface area contributed by atoms with Crippen LogP contribution in [0.3, 0.4) is 0 Å². The molecule has 2 aliphatic heterocycles. The molecule has 3 atom stereocenters. The molecule has 1 saturated heterocycles. The van der Waals surface area contributed by atoms with Crippen LogP contribution in [-0.4, -0.2) is 60.5 Å². The number of aliphatic hydroxyl groups excluding tert-OH is 1. The summed E-state index contributed by atoms with van der Waals surface area (Å²) in [5.74, 6) is 0.415. The average molecular weight is 484 g/mol. The second-order valence-electron chi connectivity index (χ2n) is 9.80. The Morgan fingerprint density at radius 1 is 1.17 bits per heavy atom. The minimum absolute atomic E-state index is 0.0176. The predicted octanol–water partition coefficient (Wildman–Crippen LogP) is 0.821. The number of nitrogens with zero attached hydrogens (tertiary/aromatic N) is 3. The number of benzene rings is 2. The summed E-state index contributed by atoms with van der Waals surface area (Å²) in [6.07, 6.45) is -0.303. The molecule has 1 aromatic heterocycles. The maximum absolute atomic E-state index is 13.9. The number of carbonyl (C=O) groups excluding carboxylic acids is 1. The van der Waals surface area contributed by atoms with Crippen LogP contribution in [0.25, 0.3) is 0 Å². The summed E-state index contributed by atoms with van der Waals surface area (Å²) < 4.78 is 5.57. The molecule has 184 valence electrons. The van der Waals surface area contributed by atoms with E-state index in [4.69, 9.17) is 9.36 Å². The molecule has 3 aromatic rings. The monoisotopic (exact) mass is 484 g/mol. The van der Waals surface area contributed by atoms with Gasteiger partial charge in [0.1, 0.15) is 18.8 Å². The zero-order valence-corrected chi connectivity index (χ0v) is 20.8. The van der Waals surface area contributed by atoms with Crippen LogP contribution in [0.15, 0.2) is 76.4 Å². The van der Waals surface area contributed by atoms with E-state index in [-0.39, 0.29) is 18.4 Å². The van der Waals surface area contributed by atoms with E-state index in [9.17, 15) is 9.90 Å². The lowest BCUT2D eigenvalue weighted by Gasteiger charge is -2.31. The van der Waals surface area contributed by atoms with Crippen LogP contribution < -0.4 is 10.9 Å². The third-order valence-corrected chi connectivity index (χ3v) is 7.00.